The Morgan fingerprint density at radius 1 is 1.14 bits per heavy atom. The number of aromatic nitrogens is 5. The van der Waals surface area contributed by atoms with Crippen LogP contribution in [-0.4, -0.2) is 60.9 Å². The Hall–Kier alpha value is -3.73. The van der Waals surface area contributed by atoms with Gasteiger partial charge in [-0.15, -0.1) is 0 Å². The van der Waals surface area contributed by atoms with Crippen molar-refractivity contribution in [2.24, 2.45) is 0 Å². The predicted molar refractivity (Wildman–Crippen MR) is 144 cm³/mol. The minimum absolute atomic E-state index is 0.00487. The highest BCUT2D eigenvalue weighted by molar-refractivity contribution is 9.10. The molecule has 0 unspecified atom stereocenters. The third-order valence-corrected chi connectivity index (χ3v) is 6.47. The first-order valence-corrected chi connectivity index (χ1v) is 12.9. The molecule has 4 aromatic rings. The summed E-state index contributed by atoms with van der Waals surface area (Å²) >= 11 is 3.61. The molecule has 1 aliphatic rings. The number of carbonyl (C=O) groups excluding carboxylic acids is 1. The van der Waals surface area contributed by atoms with Crippen LogP contribution in [0, 0.1) is 0 Å². The van der Waals surface area contributed by atoms with E-state index in [1.165, 1.54) is 6.33 Å². The maximum atomic E-state index is 12.3. The van der Waals surface area contributed by atoms with Crippen LogP contribution in [0.15, 0.2) is 53.4 Å². The van der Waals surface area contributed by atoms with Gasteiger partial charge in [0.15, 0.2) is 5.82 Å². The number of hydrogen-bond donors (Lipinski definition) is 2. The molecule has 3 heterocycles. The van der Waals surface area contributed by atoms with Crippen molar-refractivity contribution in [3.63, 3.8) is 0 Å². The van der Waals surface area contributed by atoms with Crippen LogP contribution in [0.3, 0.4) is 0 Å². The van der Waals surface area contributed by atoms with Crippen LogP contribution < -0.4 is 10.1 Å². The standard InChI is InChI=1S/C26H28BrN7O3/c1-26(2,3)37-25(35)34-10-8-19(9-11-34)36-22-13-21-17(12-20(22)27)14-28-24(32-21)31-18-6-4-16(5-7-18)23-29-15-30-33-23/h4-7,12-15,19H,8-11H2,1-3H3,(H,28,31,32)(H,29,30,33). The maximum Gasteiger partial charge on any atom is 0.410 e. The van der Waals surface area contributed by atoms with Crippen molar-refractivity contribution in [2.45, 2.75) is 45.3 Å². The van der Waals surface area contributed by atoms with E-state index in [9.17, 15) is 4.79 Å². The molecule has 192 valence electrons. The summed E-state index contributed by atoms with van der Waals surface area (Å²) in [6.45, 7) is 6.81. The highest BCUT2D eigenvalue weighted by Crippen LogP contribution is 2.32. The zero-order valence-electron chi connectivity index (χ0n) is 20.9. The zero-order valence-corrected chi connectivity index (χ0v) is 22.4. The van der Waals surface area contributed by atoms with E-state index >= 15 is 0 Å². The fourth-order valence-electron chi connectivity index (χ4n) is 4.03. The van der Waals surface area contributed by atoms with Crippen LogP contribution in [0.25, 0.3) is 22.3 Å². The molecule has 5 rings (SSSR count). The largest absolute Gasteiger partial charge is 0.489 e. The van der Waals surface area contributed by atoms with Gasteiger partial charge in [-0.3, -0.25) is 5.10 Å². The Balaban J connectivity index is 1.24. The van der Waals surface area contributed by atoms with Gasteiger partial charge in [0.1, 0.15) is 23.8 Å². The van der Waals surface area contributed by atoms with Gasteiger partial charge in [0.25, 0.3) is 0 Å². The second-order valence-electron chi connectivity index (χ2n) is 9.86. The number of H-pyrrole nitrogens is 1. The molecule has 2 aromatic heterocycles. The van der Waals surface area contributed by atoms with Crippen molar-refractivity contribution in [3.05, 3.63) is 53.4 Å². The molecule has 2 aromatic carbocycles. The number of piperidine rings is 1. The highest BCUT2D eigenvalue weighted by atomic mass is 79.9. The molecule has 37 heavy (non-hydrogen) atoms. The number of nitrogens with one attached hydrogen (secondary N) is 2. The van der Waals surface area contributed by atoms with Gasteiger partial charge < -0.3 is 19.7 Å². The Morgan fingerprint density at radius 2 is 1.89 bits per heavy atom. The van der Waals surface area contributed by atoms with Gasteiger partial charge in [0, 0.05) is 54.8 Å². The van der Waals surface area contributed by atoms with E-state index in [0.717, 1.165) is 39.5 Å². The van der Waals surface area contributed by atoms with Crippen LogP contribution in [0.1, 0.15) is 33.6 Å². The van der Waals surface area contributed by atoms with Gasteiger partial charge >= 0.3 is 6.09 Å². The molecule has 2 N–H and O–H groups in total. The summed E-state index contributed by atoms with van der Waals surface area (Å²) in [5.41, 5.74) is 2.05. The molecule has 0 radical (unpaired) electrons. The summed E-state index contributed by atoms with van der Waals surface area (Å²) in [5.74, 6) is 1.91. The van der Waals surface area contributed by atoms with E-state index in [4.69, 9.17) is 9.47 Å². The molecule has 1 saturated heterocycles. The van der Waals surface area contributed by atoms with Crippen LogP contribution >= 0.6 is 15.9 Å². The van der Waals surface area contributed by atoms with Crippen molar-refractivity contribution in [2.75, 3.05) is 18.4 Å². The lowest BCUT2D eigenvalue weighted by Gasteiger charge is -2.33. The van der Waals surface area contributed by atoms with Crippen molar-refractivity contribution in [1.29, 1.82) is 0 Å². The molecular weight excluding hydrogens is 538 g/mol. The van der Waals surface area contributed by atoms with E-state index < -0.39 is 5.60 Å². The number of hydrogen-bond acceptors (Lipinski definition) is 8. The monoisotopic (exact) mass is 565 g/mol. The van der Waals surface area contributed by atoms with Gasteiger partial charge in [-0.2, -0.15) is 5.10 Å². The number of benzene rings is 2. The summed E-state index contributed by atoms with van der Waals surface area (Å²) in [4.78, 5) is 27.4. The Labute approximate surface area is 222 Å². The van der Waals surface area contributed by atoms with E-state index in [1.54, 1.807) is 11.1 Å². The first-order valence-electron chi connectivity index (χ1n) is 12.1. The number of rotatable bonds is 5. The number of anilines is 2. The second-order valence-corrected chi connectivity index (χ2v) is 10.7. The van der Waals surface area contributed by atoms with Crippen molar-refractivity contribution in [3.8, 4) is 17.1 Å². The number of fused-ring (bicyclic) bond motifs is 1. The molecule has 0 saturated carbocycles. The summed E-state index contributed by atoms with van der Waals surface area (Å²) < 4.78 is 12.6. The smallest absolute Gasteiger partial charge is 0.410 e. The number of nitrogens with zero attached hydrogens (tertiary/aromatic N) is 5. The lowest BCUT2D eigenvalue weighted by Crippen LogP contribution is -2.44. The Morgan fingerprint density at radius 3 is 2.57 bits per heavy atom. The van der Waals surface area contributed by atoms with E-state index in [0.29, 0.717) is 30.6 Å². The van der Waals surface area contributed by atoms with Crippen molar-refractivity contribution < 1.29 is 14.3 Å². The third kappa shape index (κ3) is 6.16. The fraction of sp³-hybridized carbons (Fsp3) is 0.346. The molecule has 0 atom stereocenters. The van der Waals surface area contributed by atoms with Gasteiger partial charge in [0.05, 0.1) is 9.99 Å². The van der Waals surface area contributed by atoms with Crippen molar-refractivity contribution in [1.82, 2.24) is 30.0 Å². The molecule has 0 aliphatic carbocycles. The quantitative estimate of drug-likeness (QED) is 0.316. The Kier molecular flexibility index (Phi) is 6.96. The minimum Gasteiger partial charge on any atom is -0.489 e. The first kappa shape index (κ1) is 24.9. The third-order valence-electron chi connectivity index (χ3n) is 5.85. The normalized spacial score (nSPS) is 14.5. The van der Waals surface area contributed by atoms with E-state index in [-0.39, 0.29) is 12.2 Å². The molecule has 1 amide bonds. The number of halogens is 1. The summed E-state index contributed by atoms with van der Waals surface area (Å²) in [5, 5.41) is 10.9. The summed E-state index contributed by atoms with van der Waals surface area (Å²) in [6, 6.07) is 11.6. The number of aromatic amines is 1. The van der Waals surface area contributed by atoms with E-state index in [1.807, 2.05) is 57.2 Å². The van der Waals surface area contributed by atoms with Crippen LogP contribution in [0.2, 0.25) is 0 Å². The average Bonchev–Trinajstić information content (AvgIpc) is 3.40. The van der Waals surface area contributed by atoms with Crippen molar-refractivity contribution >= 4 is 44.6 Å². The first-order chi connectivity index (χ1) is 17.7. The predicted octanol–water partition coefficient (Wildman–Crippen LogP) is 5.70. The SMILES string of the molecule is CC(C)(C)OC(=O)N1CCC(Oc2cc3nc(Nc4ccc(-c5ncn[nH]5)cc4)ncc3cc2Br)CC1. The minimum atomic E-state index is -0.503. The molecular formula is C26H28BrN7O3. The van der Waals surface area contributed by atoms with E-state index in [2.05, 4.69) is 46.4 Å². The Bertz CT molecular complexity index is 1380. The number of likely N-dealkylation sites (tertiary alicyclic amines) is 1. The lowest BCUT2D eigenvalue weighted by atomic mass is 10.1. The van der Waals surface area contributed by atoms with Gasteiger partial charge in [0.2, 0.25) is 5.95 Å². The fourth-order valence-corrected chi connectivity index (χ4v) is 4.48. The molecule has 0 spiro atoms. The van der Waals surface area contributed by atoms with Gasteiger partial charge in [-0.25, -0.2) is 19.7 Å². The van der Waals surface area contributed by atoms with Gasteiger partial charge in [-0.1, -0.05) is 0 Å². The number of carbonyl (C=O) groups is 1. The molecule has 11 heteroatoms. The average molecular weight is 566 g/mol. The summed E-state index contributed by atoms with van der Waals surface area (Å²) in [7, 11) is 0. The topological polar surface area (TPSA) is 118 Å². The number of amides is 1. The van der Waals surface area contributed by atoms with Crippen LogP contribution in [0.5, 0.6) is 5.75 Å². The molecule has 1 fully saturated rings. The van der Waals surface area contributed by atoms with Gasteiger partial charge in [-0.05, 0) is 67.0 Å². The van der Waals surface area contributed by atoms with Crippen LogP contribution in [-0.2, 0) is 4.74 Å². The lowest BCUT2D eigenvalue weighted by molar-refractivity contribution is 0.0126. The molecule has 10 nitrogen and oxygen atoms in total. The summed E-state index contributed by atoms with van der Waals surface area (Å²) in [6.07, 6.45) is 4.43. The zero-order chi connectivity index (χ0) is 26.0. The maximum absolute atomic E-state index is 12.3. The molecule has 0 bridgehead atoms. The van der Waals surface area contributed by atoms with Crippen LogP contribution in [0.4, 0.5) is 16.4 Å². The number of ether oxygens (including phenoxy) is 2. The second kappa shape index (κ2) is 10.3. The molecule has 1 aliphatic heterocycles. The highest BCUT2D eigenvalue weighted by Gasteiger charge is 2.28.